The SMILES string of the molecule is CN(C(=O)N1CCCC(c2nccn2Cc2ccncc2)C1)c1ccccc1. The van der Waals surface area contributed by atoms with E-state index in [4.69, 9.17) is 0 Å². The lowest BCUT2D eigenvalue weighted by Crippen LogP contribution is -2.46. The van der Waals surface area contributed by atoms with Gasteiger partial charge in [0.05, 0.1) is 0 Å². The van der Waals surface area contributed by atoms with Crippen LogP contribution in [0.15, 0.2) is 67.3 Å². The van der Waals surface area contributed by atoms with Crippen molar-refractivity contribution >= 4 is 11.7 Å². The van der Waals surface area contributed by atoms with Crippen molar-refractivity contribution in [2.45, 2.75) is 25.3 Å². The average Bonchev–Trinajstić information content (AvgIpc) is 3.22. The molecular formula is C22H25N5O. The summed E-state index contributed by atoms with van der Waals surface area (Å²) in [6.07, 6.45) is 9.53. The van der Waals surface area contributed by atoms with E-state index in [-0.39, 0.29) is 11.9 Å². The number of likely N-dealkylation sites (tertiary alicyclic amines) is 1. The van der Waals surface area contributed by atoms with Crippen LogP contribution >= 0.6 is 0 Å². The zero-order valence-corrected chi connectivity index (χ0v) is 16.1. The first-order chi connectivity index (χ1) is 13.7. The third kappa shape index (κ3) is 3.91. The third-order valence-corrected chi connectivity index (χ3v) is 5.34. The van der Waals surface area contributed by atoms with E-state index in [0.29, 0.717) is 6.54 Å². The molecule has 1 aliphatic heterocycles. The highest BCUT2D eigenvalue weighted by atomic mass is 16.2. The molecule has 6 nitrogen and oxygen atoms in total. The van der Waals surface area contributed by atoms with E-state index in [1.54, 1.807) is 4.90 Å². The van der Waals surface area contributed by atoms with Crippen molar-refractivity contribution < 1.29 is 4.79 Å². The van der Waals surface area contributed by atoms with E-state index in [1.807, 2.05) is 79.2 Å². The molecule has 0 N–H and O–H groups in total. The minimum absolute atomic E-state index is 0.0446. The zero-order chi connectivity index (χ0) is 19.3. The smallest absolute Gasteiger partial charge is 0.324 e. The van der Waals surface area contributed by atoms with Gasteiger partial charge in [0, 0.05) is 63.1 Å². The fourth-order valence-corrected chi connectivity index (χ4v) is 3.84. The molecule has 1 aromatic carbocycles. The number of hydrogen-bond donors (Lipinski definition) is 0. The molecule has 0 radical (unpaired) electrons. The summed E-state index contributed by atoms with van der Waals surface area (Å²) in [5, 5.41) is 0. The highest BCUT2D eigenvalue weighted by Gasteiger charge is 2.29. The number of carbonyl (C=O) groups excluding carboxylic acids is 1. The van der Waals surface area contributed by atoms with Gasteiger partial charge >= 0.3 is 6.03 Å². The predicted octanol–water partition coefficient (Wildman–Crippen LogP) is 3.76. The van der Waals surface area contributed by atoms with Crippen LogP contribution in [0.5, 0.6) is 0 Å². The molecule has 0 aliphatic carbocycles. The molecule has 1 atom stereocenters. The second-order valence-corrected chi connectivity index (χ2v) is 7.23. The second-order valence-electron chi connectivity index (χ2n) is 7.23. The molecule has 0 saturated carbocycles. The van der Waals surface area contributed by atoms with Crippen LogP contribution < -0.4 is 4.90 Å². The third-order valence-electron chi connectivity index (χ3n) is 5.34. The molecule has 2 aromatic heterocycles. The second kappa shape index (κ2) is 8.25. The maximum Gasteiger partial charge on any atom is 0.324 e. The lowest BCUT2D eigenvalue weighted by molar-refractivity contribution is 0.185. The van der Waals surface area contributed by atoms with Crippen LogP contribution in [0, 0.1) is 0 Å². The Hall–Kier alpha value is -3.15. The van der Waals surface area contributed by atoms with Crippen LogP contribution in [0.4, 0.5) is 10.5 Å². The molecule has 0 bridgehead atoms. The summed E-state index contributed by atoms with van der Waals surface area (Å²) in [7, 11) is 1.84. The molecule has 144 valence electrons. The Kier molecular flexibility index (Phi) is 5.37. The topological polar surface area (TPSA) is 54.3 Å². The van der Waals surface area contributed by atoms with Gasteiger partial charge in [0.2, 0.25) is 0 Å². The number of pyridine rings is 1. The van der Waals surface area contributed by atoms with E-state index >= 15 is 0 Å². The van der Waals surface area contributed by atoms with Gasteiger partial charge in [-0.05, 0) is 42.7 Å². The number of piperidine rings is 1. The number of amides is 2. The van der Waals surface area contributed by atoms with Gasteiger partial charge < -0.3 is 9.47 Å². The number of para-hydroxylation sites is 1. The standard InChI is InChI=1S/C22H25N5O/c1-25(20-7-3-2-4-8-20)22(28)27-14-5-6-19(17-27)21-24-13-15-26(21)16-18-9-11-23-12-10-18/h2-4,7-13,15,19H,5-6,14,16-17H2,1H3. The van der Waals surface area contributed by atoms with Gasteiger partial charge in [0.15, 0.2) is 0 Å². The molecule has 3 heterocycles. The summed E-state index contributed by atoms with van der Waals surface area (Å²) < 4.78 is 2.19. The lowest BCUT2D eigenvalue weighted by Gasteiger charge is -2.35. The van der Waals surface area contributed by atoms with Crippen LogP contribution in [0.25, 0.3) is 0 Å². The Labute approximate surface area is 165 Å². The van der Waals surface area contributed by atoms with E-state index in [9.17, 15) is 4.79 Å². The number of aromatic nitrogens is 3. The van der Waals surface area contributed by atoms with Crippen molar-refractivity contribution in [3.63, 3.8) is 0 Å². The average molecular weight is 375 g/mol. The normalized spacial score (nSPS) is 16.8. The fraction of sp³-hybridized carbons (Fsp3) is 0.318. The van der Waals surface area contributed by atoms with Crippen LogP contribution in [-0.4, -0.2) is 45.6 Å². The van der Waals surface area contributed by atoms with E-state index in [2.05, 4.69) is 14.5 Å². The number of rotatable bonds is 4. The predicted molar refractivity (Wildman–Crippen MR) is 109 cm³/mol. The summed E-state index contributed by atoms with van der Waals surface area (Å²) in [6.45, 7) is 2.26. The first kappa shape index (κ1) is 18.2. The van der Waals surface area contributed by atoms with Crippen molar-refractivity contribution in [1.82, 2.24) is 19.4 Å². The summed E-state index contributed by atoms with van der Waals surface area (Å²) in [4.78, 5) is 25.4. The van der Waals surface area contributed by atoms with Gasteiger partial charge in [-0.2, -0.15) is 0 Å². The number of urea groups is 1. The molecule has 2 amide bonds. The molecule has 1 unspecified atom stereocenters. The Balaban J connectivity index is 1.47. The number of nitrogens with zero attached hydrogens (tertiary/aromatic N) is 5. The van der Waals surface area contributed by atoms with Crippen LogP contribution in [0.2, 0.25) is 0 Å². The van der Waals surface area contributed by atoms with Crippen LogP contribution in [0.3, 0.4) is 0 Å². The first-order valence-electron chi connectivity index (χ1n) is 9.70. The largest absolute Gasteiger partial charge is 0.330 e. The van der Waals surface area contributed by atoms with E-state index in [1.165, 1.54) is 5.56 Å². The molecule has 3 aromatic rings. The summed E-state index contributed by atoms with van der Waals surface area (Å²) in [5.41, 5.74) is 2.11. The van der Waals surface area contributed by atoms with Crippen molar-refractivity contribution in [3.05, 3.63) is 78.6 Å². The maximum atomic E-state index is 13.0. The molecule has 6 heteroatoms. The molecule has 1 saturated heterocycles. The van der Waals surface area contributed by atoms with Gasteiger partial charge in [-0.25, -0.2) is 9.78 Å². The van der Waals surface area contributed by atoms with Crippen molar-refractivity contribution in [1.29, 1.82) is 0 Å². The zero-order valence-electron chi connectivity index (χ0n) is 16.1. The van der Waals surface area contributed by atoms with E-state index in [0.717, 1.165) is 37.4 Å². The van der Waals surface area contributed by atoms with Gasteiger partial charge in [-0.3, -0.25) is 9.88 Å². The number of benzene rings is 1. The van der Waals surface area contributed by atoms with Crippen LogP contribution in [0.1, 0.15) is 30.1 Å². The number of hydrogen-bond acceptors (Lipinski definition) is 3. The van der Waals surface area contributed by atoms with Crippen molar-refractivity contribution in [3.8, 4) is 0 Å². The highest BCUT2D eigenvalue weighted by molar-refractivity contribution is 5.91. The van der Waals surface area contributed by atoms with Gasteiger partial charge in [0.1, 0.15) is 5.82 Å². The highest BCUT2D eigenvalue weighted by Crippen LogP contribution is 2.27. The molecule has 0 spiro atoms. The maximum absolute atomic E-state index is 13.0. The van der Waals surface area contributed by atoms with Gasteiger partial charge in [0.25, 0.3) is 0 Å². The molecule has 28 heavy (non-hydrogen) atoms. The number of anilines is 1. The fourth-order valence-electron chi connectivity index (χ4n) is 3.84. The lowest BCUT2D eigenvalue weighted by atomic mass is 9.97. The molecule has 1 fully saturated rings. The quantitative estimate of drug-likeness (QED) is 0.698. The monoisotopic (exact) mass is 375 g/mol. The van der Waals surface area contributed by atoms with Crippen molar-refractivity contribution in [2.24, 2.45) is 0 Å². The summed E-state index contributed by atoms with van der Waals surface area (Å²) in [6, 6.07) is 13.9. The Bertz CT molecular complexity index is 909. The number of imidazole rings is 1. The summed E-state index contributed by atoms with van der Waals surface area (Å²) in [5.74, 6) is 1.30. The molecule has 4 rings (SSSR count). The minimum Gasteiger partial charge on any atom is -0.330 e. The van der Waals surface area contributed by atoms with Crippen LogP contribution in [-0.2, 0) is 6.54 Å². The van der Waals surface area contributed by atoms with E-state index < -0.39 is 0 Å². The van der Waals surface area contributed by atoms with Gasteiger partial charge in [-0.1, -0.05) is 18.2 Å². The molecular weight excluding hydrogens is 350 g/mol. The Morgan fingerprint density at radius 3 is 2.71 bits per heavy atom. The Morgan fingerprint density at radius 1 is 1.14 bits per heavy atom. The number of carbonyl (C=O) groups is 1. The van der Waals surface area contributed by atoms with Crippen molar-refractivity contribution in [2.75, 3.05) is 25.0 Å². The molecule has 1 aliphatic rings. The van der Waals surface area contributed by atoms with Gasteiger partial charge in [-0.15, -0.1) is 0 Å². The minimum atomic E-state index is 0.0446. The first-order valence-corrected chi connectivity index (χ1v) is 9.70. The summed E-state index contributed by atoms with van der Waals surface area (Å²) >= 11 is 0. The Morgan fingerprint density at radius 2 is 1.93 bits per heavy atom.